The summed E-state index contributed by atoms with van der Waals surface area (Å²) < 4.78 is 5.50. The molecule has 0 unspecified atom stereocenters. The maximum Gasteiger partial charge on any atom is 0.410 e. The predicted octanol–water partition coefficient (Wildman–Crippen LogP) is 4.79. The fourth-order valence-electron chi connectivity index (χ4n) is 4.04. The predicted molar refractivity (Wildman–Crippen MR) is 120 cm³/mol. The Kier molecular flexibility index (Phi) is 6.49. The molecule has 2 aromatic carbocycles. The van der Waals surface area contributed by atoms with Crippen LogP contribution in [-0.2, 0) is 21.5 Å². The second-order valence-electron chi connectivity index (χ2n) is 9.10. The molecule has 0 bridgehead atoms. The number of aldehydes is 1. The number of ether oxygens (including phenoxy) is 1. The van der Waals surface area contributed by atoms with E-state index in [4.69, 9.17) is 4.74 Å². The van der Waals surface area contributed by atoms with E-state index in [-0.39, 0.29) is 6.09 Å². The van der Waals surface area contributed by atoms with Gasteiger partial charge in [-0.2, -0.15) is 0 Å². The zero-order valence-corrected chi connectivity index (χ0v) is 18.4. The van der Waals surface area contributed by atoms with Crippen LogP contribution in [0.25, 0.3) is 0 Å². The average Bonchev–Trinajstić information content (AvgIpc) is 2.73. The Balaban J connectivity index is 1.79. The molecule has 0 saturated carbocycles. The molecule has 1 aliphatic rings. The number of carbonyl (C=O) groups excluding carboxylic acids is 2. The van der Waals surface area contributed by atoms with Crippen molar-refractivity contribution in [2.75, 3.05) is 25.0 Å². The second-order valence-corrected chi connectivity index (χ2v) is 9.10. The van der Waals surface area contributed by atoms with E-state index in [1.165, 1.54) is 5.56 Å². The minimum Gasteiger partial charge on any atom is -0.444 e. The summed E-state index contributed by atoms with van der Waals surface area (Å²) in [5.74, 6) is 0. The third kappa shape index (κ3) is 5.02. The van der Waals surface area contributed by atoms with E-state index in [2.05, 4.69) is 30.1 Å². The van der Waals surface area contributed by atoms with Gasteiger partial charge in [-0.05, 0) is 50.8 Å². The molecule has 1 heterocycles. The van der Waals surface area contributed by atoms with Gasteiger partial charge in [0, 0.05) is 32.4 Å². The van der Waals surface area contributed by atoms with E-state index >= 15 is 0 Å². The van der Waals surface area contributed by atoms with Crippen LogP contribution in [0.3, 0.4) is 0 Å². The summed E-state index contributed by atoms with van der Waals surface area (Å²) in [6.45, 7) is 7.36. The van der Waals surface area contributed by atoms with Gasteiger partial charge in [0.05, 0.1) is 5.41 Å². The van der Waals surface area contributed by atoms with Crippen LogP contribution in [-0.4, -0.2) is 43.0 Å². The van der Waals surface area contributed by atoms with Gasteiger partial charge in [0.25, 0.3) is 0 Å². The van der Waals surface area contributed by atoms with E-state index in [1.807, 2.05) is 57.2 Å². The maximum atomic E-state index is 12.4. The number of nitrogens with zero attached hydrogens (tertiary/aromatic N) is 2. The third-order valence-corrected chi connectivity index (χ3v) is 5.65. The summed E-state index contributed by atoms with van der Waals surface area (Å²) in [5, 5.41) is 0. The molecule has 1 fully saturated rings. The van der Waals surface area contributed by atoms with Crippen LogP contribution >= 0.6 is 0 Å². The SMILES string of the molecule is CN(Cc1ccccc1)c1ccccc1C1(C=O)CCN(C(=O)OC(C)(C)C)CC1. The Labute approximate surface area is 179 Å². The van der Waals surface area contributed by atoms with Gasteiger partial charge in [0.15, 0.2) is 0 Å². The minimum absolute atomic E-state index is 0.309. The molecule has 0 spiro atoms. The highest BCUT2D eigenvalue weighted by Gasteiger charge is 2.40. The zero-order valence-electron chi connectivity index (χ0n) is 18.4. The zero-order chi connectivity index (χ0) is 21.8. The van der Waals surface area contributed by atoms with Crippen LogP contribution < -0.4 is 4.90 Å². The van der Waals surface area contributed by atoms with Crippen LogP contribution in [0.4, 0.5) is 10.5 Å². The highest BCUT2D eigenvalue weighted by molar-refractivity contribution is 5.76. The van der Waals surface area contributed by atoms with E-state index in [0.717, 1.165) is 24.1 Å². The minimum atomic E-state index is -0.597. The Hall–Kier alpha value is -2.82. The fraction of sp³-hybridized carbons (Fsp3) is 0.440. The summed E-state index contributed by atoms with van der Waals surface area (Å²) in [5.41, 5.74) is 2.18. The number of rotatable bonds is 5. The molecule has 2 aromatic rings. The molecule has 0 N–H and O–H groups in total. The smallest absolute Gasteiger partial charge is 0.410 e. The lowest BCUT2D eigenvalue weighted by molar-refractivity contribution is -0.114. The van der Waals surface area contributed by atoms with Crippen LogP contribution in [0, 0.1) is 0 Å². The summed E-state index contributed by atoms with van der Waals surface area (Å²) in [7, 11) is 2.06. The lowest BCUT2D eigenvalue weighted by atomic mass is 9.73. The van der Waals surface area contributed by atoms with Gasteiger partial charge in [0.2, 0.25) is 0 Å². The van der Waals surface area contributed by atoms with Crippen LogP contribution in [0.2, 0.25) is 0 Å². The van der Waals surface area contributed by atoms with Crippen LogP contribution in [0.1, 0.15) is 44.7 Å². The number of piperidine rings is 1. The van der Waals surface area contributed by atoms with Gasteiger partial charge < -0.3 is 19.3 Å². The van der Waals surface area contributed by atoms with Crippen molar-refractivity contribution in [2.45, 2.75) is 51.2 Å². The summed E-state index contributed by atoms with van der Waals surface area (Å²) >= 11 is 0. The molecule has 160 valence electrons. The Morgan fingerprint density at radius 2 is 1.67 bits per heavy atom. The molecule has 0 atom stereocenters. The molecule has 0 radical (unpaired) electrons. The first-order chi connectivity index (χ1) is 14.2. The van der Waals surface area contributed by atoms with Crippen molar-refractivity contribution in [1.29, 1.82) is 0 Å². The van der Waals surface area contributed by atoms with E-state index in [1.54, 1.807) is 4.90 Å². The first-order valence-electron chi connectivity index (χ1n) is 10.5. The summed E-state index contributed by atoms with van der Waals surface area (Å²) in [6.07, 6.45) is 1.95. The Morgan fingerprint density at radius 3 is 2.27 bits per heavy atom. The van der Waals surface area contributed by atoms with Gasteiger partial charge in [-0.1, -0.05) is 48.5 Å². The second kappa shape index (κ2) is 8.90. The van der Waals surface area contributed by atoms with Crippen LogP contribution in [0.15, 0.2) is 54.6 Å². The lowest BCUT2D eigenvalue weighted by Gasteiger charge is -2.40. The standard InChI is InChI=1S/C25H32N2O3/c1-24(2,3)30-23(29)27-16-14-25(19-28,15-17-27)21-12-8-9-13-22(21)26(4)18-20-10-6-5-7-11-20/h5-13,19H,14-18H2,1-4H3. The molecule has 5 nitrogen and oxygen atoms in total. The van der Waals surface area contributed by atoms with Crippen molar-refractivity contribution in [1.82, 2.24) is 4.90 Å². The van der Waals surface area contributed by atoms with Crippen molar-refractivity contribution in [3.05, 3.63) is 65.7 Å². The monoisotopic (exact) mass is 408 g/mol. The van der Waals surface area contributed by atoms with Gasteiger partial charge in [-0.15, -0.1) is 0 Å². The van der Waals surface area contributed by atoms with Gasteiger partial charge in [0.1, 0.15) is 11.9 Å². The molecule has 0 aromatic heterocycles. The highest BCUT2D eigenvalue weighted by Crippen LogP contribution is 2.39. The molecule has 30 heavy (non-hydrogen) atoms. The highest BCUT2D eigenvalue weighted by atomic mass is 16.6. The van der Waals surface area contributed by atoms with Crippen molar-refractivity contribution in [2.24, 2.45) is 0 Å². The lowest BCUT2D eigenvalue weighted by Crippen LogP contribution is -2.47. The Morgan fingerprint density at radius 1 is 1.07 bits per heavy atom. The average molecular weight is 409 g/mol. The largest absolute Gasteiger partial charge is 0.444 e. The van der Waals surface area contributed by atoms with E-state index in [0.29, 0.717) is 25.9 Å². The summed E-state index contributed by atoms with van der Waals surface area (Å²) in [6, 6.07) is 18.4. The van der Waals surface area contributed by atoms with Gasteiger partial charge >= 0.3 is 6.09 Å². The molecule has 1 saturated heterocycles. The van der Waals surface area contributed by atoms with Crippen molar-refractivity contribution >= 4 is 18.1 Å². The molecular weight excluding hydrogens is 376 g/mol. The number of amides is 1. The van der Waals surface area contributed by atoms with Crippen LogP contribution in [0.5, 0.6) is 0 Å². The first kappa shape index (κ1) is 21.9. The molecule has 0 aliphatic carbocycles. The third-order valence-electron chi connectivity index (χ3n) is 5.65. The van der Waals surface area contributed by atoms with E-state index in [9.17, 15) is 9.59 Å². The van der Waals surface area contributed by atoms with Gasteiger partial charge in [-0.25, -0.2) is 4.79 Å². The van der Waals surface area contributed by atoms with E-state index < -0.39 is 11.0 Å². The van der Waals surface area contributed by atoms with Crippen molar-refractivity contribution < 1.29 is 14.3 Å². The summed E-state index contributed by atoms with van der Waals surface area (Å²) in [4.78, 5) is 28.7. The topological polar surface area (TPSA) is 49.9 Å². The number of likely N-dealkylation sites (tertiary alicyclic amines) is 1. The first-order valence-corrected chi connectivity index (χ1v) is 10.5. The molecule has 5 heteroatoms. The fourth-order valence-corrected chi connectivity index (χ4v) is 4.04. The van der Waals surface area contributed by atoms with Crippen molar-refractivity contribution in [3.63, 3.8) is 0 Å². The quantitative estimate of drug-likeness (QED) is 0.668. The Bertz CT molecular complexity index is 865. The molecular formula is C25H32N2O3. The maximum absolute atomic E-state index is 12.4. The molecule has 1 aliphatic heterocycles. The normalized spacial score (nSPS) is 16.1. The van der Waals surface area contributed by atoms with Gasteiger partial charge in [-0.3, -0.25) is 0 Å². The van der Waals surface area contributed by atoms with Crippen molar-refractivity contribution in [3.8, 4) is 0 Å². The number of hydrogen-bond acceptors (Lipinski definition) is 4. The molecule has 1 amide bonds. The number of benzene rings is 2. The number of anilines is 1. The number of para-hydroxylation sites is 1. The molecule has 3 rings (SSSR count). The number of carbonyl (C=O) groups is 2. The number of hydrogen-bond donors (Lipinski definition) is 0.